The van der Waals surface area contributed by atoms with Crippen LogP contribution in [0.1, 0.15) is 81.6 Å². The van der Waals surface area contributed by atoms with Crippen LogP contribution in [0, 0.1) is 34.5 Å². The Labute approximate surface area is 223 Å². The summed E-state index contributed by atoms with van der Waals surface area (Å²) in [6.45, 7) is 7.64. The Kier molecular flexibility index (Phi) is 6.42. The van der Waals surface area contributed by atoms with Gasteiger partial charge in [-0.3, -0.25) is 0 Å². The van der Waals surface area contributed by atoms with Crippen LogP contribution in [0.4, 0.5) is 0 Å². The highest BCUT2D eigenvalue weighted by atomic mass is 16.5. The minimum absolute atomic E-state index is 0.00876. The summed E-state index contributed by atoms with van der Waals surface area (Å²) in [4.78, 5) is 12.7. The Morgan fingerprint density at radius 2 is 1.62 bits per heavy atom. The Balaban J connectivity index is 1.18. The third-order valence-electron chi connectivity index (χ3n) is 11.0. The molecule has 0 amide bonds. The van der Waals surface area contributed by atoms with Crippen LogP contribution in [0.2, 0.25) is 0 Å². The summed E-state index contributed by atoms with van der Waals surface area (Å²) >= 11 is 0. The number of esters is 1. The molecule has 2 aromatic carbocycles. The van der Waals surface area contributed by atoms with E-state index in [9.17, 15) is 4.79 Å². The van der Waals surface area contributed by atoms with Gasteiger partial charge in [-0.2, -0.15) is 0 Å². The fourth-order valence-corrected chi connectivity index (χ4v) is 8.97. The number of hydrogen-bond acceptors (Lipinski definition) is 2. The van der Waals surface area contributed by atoms with Crippen LogP contribution in [0.25, 0.3) is 0 Å². The van der Waals surface area contributed by atoms with E-state index in [1.54, 1.807) is 5.57 Å². The van der Waals surface area contributed by atoms with Gasteiger partial charge in [0.25, 0.3) is 0 Å². The van der Waals surface area contributed by atoms with E-state index >= 15 is 0 Å². The molecule has 0 radical (unpaired) electrons. The van der Waals surface area contributed by atoms with Crippen molar-refractivity contribution in [3.63, 3.8) is 0 Å². The van der Waals surface area contributed by atoms with Gasteiger partial charge in [-0.05, 0) is 97.1 Å². The van der Waals surface area contributed by atoms with Gasteiger partial charge in [-0.25, -0.2) is 4.79 Å². The van der Waals surface area contributed by atoms with Crippen molar-refractivity contribution < 1.29 is 9.53 Å². The molecule has 7 atom stereocenters. The molecule has 0 unspecified atom stereocenters. The van der Waals surface area contributed by atoms with Crippen LogP contribution in [-0.4, -0.2) is 12.1 Å². The third kappa shape index (κ3) is 4.31. The van der Waals surface area contributed by atoms with Gasteiger partial charge in [0.15, 0.2) is 0 Å². The molecular formula is C35H42O2. The van der Waals surface area contributed by atoms with E-state index in [0.717, 1.165) is 37.0 Å². The van der Waals surface area contributed by atoms with Crippen LogP contribution in [-0.2, 0) is 11.2 Å². The highest BCUT2D eigenvalue weighted by molar-refractivity contribution is 5.89. The van der Waals surface area contributed by atoms with Gasteiger partial charge < -0.3 is 4.74 Å². The predicted octanol–water partition coefficient (Wildman–Crippen LogP) is 8.59. The lowest BCUT2D eigenvalue weighted by molar-refractivity contribution is 0.00601. The van der Waals surface area contributed by atoms with Crippen molar-refractivity contribution in [3.05, 3.63) is 95.1 Å². The second-order valence-corrected chi connectivity index (χ2v) is 12.9. The quantitative estimate of drug-likeness (QED) is 0.389. The van der Waals surface area contributed by atoms with Crippen molar-refractivity contribution in [1.29, 1.82) is 0 Å². The normalized spacial score (nSPS) is 35.3. The molecule has 194 valence electrons. The summed E-state index contributed by atoms with van der Waals surface area (Å²) in [5.41, 5.74) is 6.02. The molecule has 0 aromatic heterocycles. The molecule has 4 aliphatic carbocycles. The SMILES string of the molecule is C[C@H](Cc1ccccc1)[C@H]1CC[C@H]2C3=CC=C4C[C@@H](OC(=O)c5ccccc5)CC[C@]4(C)[C@H]3CC[C@]12C. The molecule has 0 N–H and O–H groups in total. The summed E-state index contributed by atoms with van der Waals surface area (Å²) in [5, 5.41) is 0. The Hall–Kier alpha value is -2.61. The average Bonchev–Trinajstić information content (AvgIpc) is 3.27. The lowest BCUT2D eigenvalue weighted by Gasteiger charge is -2.55. The predicted molar refractivity (Wildman–Crippen MR) is 150 cm³/mol. The van der Waals surface area contributed by atoms with E-state index in [1.165, 1.54) is 43.2 Å². The first-order chi connectivity index (χ1) is 17.9. The van der Waals surface area contributed by atoms with Gasteiger partial charge in [-0.1, -0.05) is 92.6 Å². The van der Waals surface area contributed by atoms with Crippen molar-refractivity contribution in [2.24, 2.45) is 34.5 Å². The zero-order chi connectivity index (χ0) is 25.6. The van der Waals surface area contributed by atoms with Crippen LogP contribution in [0.5, 0.6) is 0 Å². The molecule has 0 bridgehead atoms. The van der Waals surface area contributed by atoms with Crippen LogP contribution < -0.4 is 0 Å². The largest absolute Gasteiger partial charge is 0.458 e. The minimum Gasteiger partial charge on any atom is -0.458 e. The zero-order valence-corrected chi connectivity index (χ0v) is 22.8. The number of fused-ring (bicyclic) bond motifs is 5. The first kappa shape index (κ1) is 24.7. The standard InChI is InChI=1S/C35H42O2/c1-24(22-25-10-6-4-7-11-25)30-16-17-31-29-15-14-27-23-28(37-33(36)26-12-8-5-9-13-26)18-20-34(27,2)32(29)19-21-35(30,31)3/h4-15,24,28,30-32H,16-23H2,1-3H3/t24-,28+,30-,31+,32+,34+,35-/m1/s1. The molecule has 2 aromatic rings. The summed E-state index contributed by atoms with van der Waals surface area (Å²) in [5.74, 6) is 2.70. The maximum Gasteiger partial charge on any atom is 0.338 e. The summed E-state index contributed by atoms with van der Waals surface area (Å²) in [6, 6.07) is 20.5. The number of carbonyl (C=O) groups excluding carboxylic acids is 1. The van der Waals surface area contributed by atoms with Gasteiger partial charge in [0.1, 0.15) is 6.10 Å². The topological polar surface area (TPSA) is 26.3 Å². The summed E-state index contributed by atoms with van der Waals surface area (Å²) < 4.78 is 5.98. The van der Waals surface area contributed by atoms with Gasteiger partial charge in [0.2, 0.25) is 0 Å². The summed E-state index contributed by atoms with van der Waals surface area (Å²) in [7, 11) is 0. The van der Waals surface area contributed by atoms with Crippen molar-refractivity contribution in [1.82, 2.24) is 0 Å². The zero-order valence-electron chi connectivity index (χ0n) is 22.8. The fourth-order valence-electron chi connectivity index (χ4n) is 8.97. The maximum atomic E-state index is 12.7. The Morgan fingerprint density at radius 3 is 2.38 bits per heavy atom. The lowest BCUT2D eigenvalue weighted by atomic mass is 9.50. The molecule has 0 heterocycles. The summed E-state index contributed by atoms with van der Waals surface area (Å²) in [6.07, 6.45) is 14.5. The first-order valence-electron chi connectivity index (χ1n) is 14.6. The van der Waals surface area contributed by atoms with Gasteiger partial charge in [-0.15, -0.1) is 0 Å². The highest BCUT2D eigenvalue weighted by Crippen LogP contribution is 2.66. The van der Waals surface area contributed by atoms with Crippen LogP contribution in [0.15, 0.2) is 84.0 Å². The van der Waals surface area contributed by atoms with E-state index < -0.39 is 0 Å². The Bertz CT molecular complexity index is 1190. The van der Waals surface area contributed by atoms with E-state index in [2.05, 4.69) is 63.3 Å². The van der Waals surface area contributed by atoms with Crippen LogP contribution in [0.3, 0.4) is 0 Å². The third-order valence-corrected chi connectivity index (χ3v) is 11.0. The molecule has 2 heteroatoms. The molecule has 3 saturated carbocycles. The molecular weight excluding hydrogens is 452 g/mol. The van der Waals surface area contributed by atoms with Crippen molar-refractivity contribution in [2.75, 3.05) is 0 Å². The van der Waals surface area contributed by atoms with E-state index in [1.807, 2.05) is 30.3 Å². The smallest absolute Gasteiger partial charge is 0.338 e. The number of allylic oxidation sites excluding steroid dienone is 3. The molecule has 0 aliphatic heterocycles. The number of ether oxygens (including phenoxy) is 1. The van der Waals surface area contributed by atoms with Crippen molar-refractivity contribution >= 4 is 5.97 Å². The Morgan fingerprint density at radius 1 is 0.892 bits per heavy atom. The molecule has 6 rings (SSSR count). The second kappa shape index (κ2) is 9.61. The van der Waals surface area contributed by atoms with Gasteiger partial charge in [0, 0.05) is 6.42 Å². The number of benzene rings is 2. The maximum absolute atomic E-state index is 12.7. The second-order valence-electron chi connectivity index (χ2n) is 12.9. The van der Waals surface area contributed by atoms with Crippen molar-refractivity contribution in [2.45, 2.75) is 78.2 Å². The number of hydrogen-bond donors (Lipinski definition) is 0. The van der Waals surface area contributed by atoms with E-state index in [-0.39, 0.29) is 17.5 Å². The van der Waals surface area contributed by atoms with Gasteiger partial charge >= 0.3 is 5.97 Å². The van der Waals surface area contributed by atoms with E-state index in [0.29, 0.717) is 16.9 Å². The number of carbonyl (C=O) groups is 1. The molecule has 2 nitrogen and oxygen atoms in total. The minimum atomic E-state index is -0.183. The van der Waals surface area contributed by atoms with Gasteiger partial charge in [0.05, 0.1) is 5.56 Å². The van der Waals surface area contributed by atoms with Crippen molar-refractivity contribution in [3.8, 4) is 0 Å². The number of rotatable bonds is 5. The fraction of sp³-hybridized carbons (Fsp3) is 0.514. The monoisotopic (exact) mass is 494 g/mol. The van der Waals surface area contributed by atoms with E-state index in [4.69, 9.17) is 4.74 Å². The highest BCUT2D eigenvalue weighted by Gasteiger charge is 2.57. The van der Waals surface area contributed by atoms with Crippen LogP contribution >= 0.6 is 0 Å². The lowest BCUT2D eigenvalue weighted by Crippen LogP contribution is -2.47. The molecule has 0 spiro atoms. The molecule has 4 aliphatic rings. The average molecular weight is 495 g/mol. The first-order valence-corrected chi connectivity index (χ1v) is 14.6. The molecule has 3 fully saturated rings. The molecule has 37 heavy (non-hydrogen) atoms. The molecule has 0 saturated heterocycles.